The minimum Gasteiger partial charge on any atom is -0.374 e. The number of primary amides is 1. The first kappa shape index (κ1) is 53.7. The fourth-order valence-electron chi connectivity index (χ4n) is 6.61. The molecule has 3 rings (SSSR count). The van der Waals surface area contributed by atoms with Gasteiger partial charge in [-0.25, -0.2) is 9.59 Å². The maximum absolute atomic E-state index is 14.0. The minimum absolute atomic E-state index is 0.0174. The molecule has 0 radical (unpaired) electrons. The maximum Gasteiger partial charge on any atom is 0.315 e. The van der Waals surface area contributed by atoms with Gasteiger partial charge in [-0.05, 0) is 88.4 Å². The molecule has 5 amide bonds. The van der Waals surface area contributed by atoms with E-state index in [2.05, 4.69) is 34.8 Å². The van der Waals surface area contributed by atoms with Crippen LogP contribution in [-0.4, -0.2) is 102 Å². The third-order valence-electron chi connectivity index (χ3n) is 10.7. The Kier molecular flexibility index (Phi) is 20.0. The lowest BCUT2D eigenvalue weighted by atomic mass is 9.80. The van der Waals surface area contributed by atoms with E-state index in [1.54, 1.807) is 11.0 Å². The van der Waals surface area contributed by atoms with Gasteiger partial charge in [0.2, 0.25) is 23.7 Å². The maximum atomic E-state index is 14.0. The summed E-state index contributed by atoms with van der Waals surface area (Å²) < 4.78 is 11.6. The summed E-state index contributed by atoms with van der Waals surface area (Å²) in [5.74, 6) is -2.25. The number of likely N-dealkylation sites (tertiary alicyclic amines) is 1. The normalized spacial score (nSPS) is 21.2. The Labute approximate surface area is 356 Å². The number of piperidine rings is 1. The fraction of sp³-hybridized carbons (Fsp3) is 0.867. The van der Waals surface area contributed by atoms with Gasteiger partial charge in [0, 0.05) is 6.54 Å². The number of fused-ring (bicyclic) bond motifs is 1. The van der Waals surface area contributed by atoms with Crippen molar-refractivity contribution >= 4 is 35.6 Å². The number of aliphatic imine (C=N–C) groups is 1. The lowest BCUT2D eigenvalue weighted by Crippen LogP contribution is -2.62. The number of nitrogens with zero attached hydrogens (tertiary/aromatic N) is 2. The highest BCUT2D eigenvalue weighted by atomic mass is 16.5. The van der Waals surface area contributed by atoms with Crippen molar-refractivity contribution in [3.05, 3.63) is 0 Å². The van der Waals surface area contributed by atoms with Gasteiger partial charge in [-0.15, -0.1) is 0 Å². The summed E-state index contributed by atoms with van der Waals surface area (Å²) in [6.45, 7) is 35.0. The van der Waals surface area contributed by atoms with Crippen molar-refractivity contribution in [3.63, 3.8) is 0 Å². The van der Waals surface area contributed by atoms with Crippen molar-refractivity contribution < 1.29 is 38.2 Å². The van der Waals surface area contributed by atoms with E-state index in [9.17, 15) is 28.8 Å². The second-order valence-corrected chi connectivity index (χ2v) is 21.9. The molecule has 1 aliphatic heterocycles. The number of Topliss-reactive ketones (excluding diaryl/α,β-unsaturated/α-hetero) is 1. The summed E-state index contributed by atoms with van der Waals surface area (Å²) >= 11 is 0. The molecular weight excluding hydrogens is 753 g/mol. The molecule has 14 nitrogen and oxygen atoms in total. The van der Waals surface area contributed by atoms with Crippen LogP contribution in [0.2, 0.25) is 0 Å². The van der Waals surface area contributed by atoms with Gasteiger partial charge in [0.15, 0.2) is 0 Å². The number of hydrogen-bond acceptors (Lipinski definition) is 9. The van der Waals surface area contributed by atoms with E-state index >= 15 is 0 Å². The predicted octanol–water partition coefficient (Wildman–Crippen LogP) is 6.47. The molecule has 0 aromatic carbocycles. The van der Waals surface area contributed by atoms with E-state index in [-0.39, 0.29) is 57.8 Å². The van der Waals surface area contributed by atoms with Crippen molar-refractivity contribution in [2.75, 3.05) is 19.8 Å². The van der Waals surface area contributed by atoms with Crippen molar-refractivity contribution in [1.82, 2.24) is 20.9 Å². The van der Waals surface area contributed by atoms with Gasteiger partial charge in [0.1, 0.15) is 12.1 Å². The van der Waals surface area contributed by atoms with Crippen LogP contribution in [-0.2, 0) is 33.4 Å². The number of rotatable bonds is 14. The Hall–Kier alpha value is -3.35. The second kappa shape index (κ2) is 22.0. The number of hydrogen-bond donors (Lipinski definition) is 4. The van der Waals surface area contributed by atoms with Crippen LogP contribution in [0.25, 0.3) is 0 Å². The number of urea groups is 1. The largest absolute Gasteiger partial charge is 0.374 e. The van der Waals surface area contributed by atoms with Gasteiger partial charge < -0.3 is 36.1 Å². The number of amides is 5. The molecule has 1 saturated heterocycles. The molecule has 0 spiro atoms. The Bertz CT molecular complexity index is 1450. The molecule has 2 aliphatic carbocycles. The predicted molar refractivity (Wildman–Crippen MR) is 232 cm³/mol. The standard InChI is InChI=1S/C31H53N5O6.C11H21NO2.C3H8/c1-29(2,3)21(16-42-31(7,8)9)34-28(41)35-24(30(4,5)6)27(40)36-15-18-14-19(18)22(36)26(39)33-20(23(37)25(32)38)13-17-11-10-12-17;1-10(2,3)9(12-8-13)7-14-11(4,5)6;1-3-2/h17-22,24H,10-16H2,1-9H3,(H2,32,38)(H,33,39)(H2,34,35,41);9H,7H2,1-6H3;3H2,1-2H3/t18-,19-,20?,21+,22-,24+;9-;/m01./s1. The molecule has 340 valence electrons. The van der Waals surface area contributed by atoms with Crippen molar-refractivity contribution in [2.24, 2.45) is 44.7 Å². The van der Waals surface area contributed by atoms with Gasteiger partial charge in [-0.3, -0.25) is 19.2 Å². The molecule has 0 bridgehead atoms. The van der Waals surface area contributed by atoms with Crippen LogP contribution in [0.5, 0.6) is 0 Å². The number of nitrogens with one attached hydrogen (secondary N) is 3. The van der Waals surface area contributed by atoms with Crippen LogP contribution >= 0.6 is 0 Å². The summed E-state index contributed by atoms with van der Waals surface area (Å²) in [5.41, 5.74) is 3.69. The van der Waals surface area contributed by atoms with Gasteiger partial charge in [0.05, 0.1) is 42.5 Å². The van der Waals surface area contributed by atoms with E-state index in [1.807, 2.05) is 104 Å². The molecule has 3 fully saturated rings. The molecule has 2 saturated carbocycles. The summed E-state index contributed by atoms with van der Waals surface area (Å²) in [6.07, 6.45) is 6.97. The van der Waals surface area contributed by atoms with Gasteiger partial charge in [-0.2, -0.15) is 4.99 Å². The SMILES string of the molecule is CC(C)(C)OC[C@@H](N=C=O)C(C)(C)C.CC(C)(C)OC[C@@H](NC(=O)N[C@H](C(=O)N1C[C@@H]2C[C@@H]2[C@H]1C(=O)NC(CC1CCC1)C(=O)C(N)=O)C(C)(C)C)C(C)(C)C.CCC. The summed E-state index contributed by atoms with van der Waals surface area (Å²) in [4.78, 5) is 80.8. The molecule has 1 unspecified atom stereocenters. The highest BCUT2D eigenvalue weighted by Gasteiger charge is 2.58. The monoisotopic (exact) mass is 835 g/mol. The number of nitrogens with two attached hydrogens (primary N) is 1. The molecule has 1 heterocycles. The van der Waals surface area contributed by atoms with Crippen LogP contribution in [0.4, 0.5) is 4.79 Å². The van der Waals surface area contributed by atoms with E-state index < -0.39 is 47.2 Å². The average Bonchev–Trinajstić information content (AvgIpc) is 3.70. The number of isocyanates is 1. The van der Waals surface area contributed by atoms with Gasteiger partial charge in [0.25, 0.3) is 5.91 Å². The topological polar surface area (TPSA) is 199 Å². The third kappa shape index (κ3) is 18.8. The third-order valence-corrected chi connectivity index (χ3v) is 10.7. The highest BCUT2D eigenvalue weighted by Crippen LogP contribution is 2.50. The van der Waals surface area contributed by atoms with E-state index in [4.69, 9.17) is 15.2 Å². The molecule has 0 aromatic rings. The highest BCUT2D eigenvalue weighted by molar-refractivity contribution is 6.37. The Morgan fingerprint density at radius 2 is 1.31 bits per heavy atom. The number of carbonyl (C=O) groups is 5. The first-order valence-electron chi connectivity index (χ1n) is 21.6. The lowest BCUT2D eigenvalue weighted by molar-refractivity contribution is -0.144. The number of carbonyl (C=O) groups excluding carboxylic acids is 6. The molecule has 59 heavy (non-hydrogen) atoms. The van der Waals surface area contributed by atoms with Crippen molar-refractivity contribution in [3.8, 4) is 0 Å². The van der Waals surface area contributed by atoms with Crippen molar-refractivity contribution in [2.45, 2.75) is 198 Å². The Morgan fingerprint density at radius 3 is 1.71 bits per heavy atom. The van der Waals surface area contributed by atoms with Crippen LogP contribution in [0.1, 0.15) is 156 Å². The number of ether oxygens (including phenoxy) is 2. The zero-order valence-electron chi connectivity index (χ0n) is 39.7. The summed E-state index contributed by atoms with van der Waals surface area (Å²) in [5, 5.41) is 8.67. The van der Waals surface area contributed by atoms with E-state index in [1.165, 1.54) is 6.42 Å². The zero-order valence-corrected chi connectivity index (χ0v) is 39.7. The van der Waals surface area contributed by atoms with Crippen LogP contribution < -0.4 is 21.7 Å². The molecule has 7 atom stereocenters. The van der Waals surface area contributed by atoms with Crippen LogP contribution in [0, 0.1) is 34.0 Å². The first-order chi connectivity index (χ1) is 26.8. The van der Waals surface area contributed by atoms with Gasteiger partial charge >= 0.3 is 6.03 Å². The summed E-state index contributed by atoms with van der Waals surface area (Å²) in [6, 6.07) is -3.61. The Morgan fingerprint density at radius 1 is 0.780 bits per heavy atom. The summed E-state index contributed by atoms with van der Waals surface area (Å²) in [7, 11) is 0. The van der Waals surface area contributed by atoms with Crippen LogP contribution in [0.3, 0.4) is 0 Å². The average molecular weight is 835 g/mol. The molecule has 0 aromatic heterocycles. The molecule has 3 aliphatic rings. The molecule has 14 heteroatoms. The molecule has 5 N–H and O–H groups in total. The fourth-order valence-corrected chi connectivity index (χ4v) is 6.61. The smallest absolute Gasteiger partial charge is 0.315 e. The van der Waals surface area contributed by atoms with Crippen LogP contribution in [0.15, 0.2) is 4.99 Å². The van der Waals surface area contributed by atoms with E-state index in [0.29, 0.717) is 26.2 Å². The Balaban J connectivity index is 0.000000859. The first-order valence-corrected chi connectivity index (χ1v) is 21.6. The van der Waals surface area contributed by atoms with Gasteiger partial charge in [-0.1, -0.05) is 102 Å². The van der Waals surface area contributed by atoms with Crippen molar-refractivity contribution in [1.29, 1.82) is 0 Å². The lowest BCUT2D eigenvalue weighted by Gasteiger charge is -2.38. The zero-order chi connectivity index (χ0) is 45.9. The second-order valence-electron chi connectivity index (χ2n) is 21.9. The minimum atomic E-state index is -1.08. The quantitative estimate of drug-likeness (QED) is 0.0867. The number of ketones is 1. The molecular formula is C45H82N6O8. The van der Waals surface area contributed by atoms with E-state index in [0.717, 1.165) is 25.7 Å².